The van der Waals surface area contributed by atoms with Crippen LogP contribution in [0.2, 0.25) is 0 Å². The first-order chi connectivity index (χ1) is 10.7. The molecule has 2 unspecified atom stereocenters. The van der Waals surface area contributed by atoms with E-state index < -0.39 is 5.79 Å². The van der Waals surface area contributed by atoms with Gasteiger partial charge in [0.15, 0.2) is 5.76 Å². The van der Waals surface area contributed by atoms with Crippen molar-refractivity contribution in [3.8, 4) is 0 Å². The number of ether oxygens (including phenoxy) is 2. The lowest BCUT2D eigenvalue weighted by atomic mass is 10.1. The van der Waals surface area contributed by atoms with E-state index in [0.29, 0.717) is 18.0 Å². The summed E-state index contributed by atoms with van der Waals surface area (Å²) in [6.45, 7) is 3.99. The summed E-state index contributed by atoms with van der Waals surface area (Å²) in [7, 11) is 0. The molecule has 0 aliphatic carbocycles. The Labute approximate surface area is 127 Å². The Kier molecular flexibility index (Phi) is 3.02. The van der Waals surface area contributed by atoms with Gasteiger partial charge in [-0.15, -0.1) is 0 Å². The highest BCUT2D eigenvalue weighted by molar-refractivity contribution is 5.77. The number of benzene rings is 1. The number of furan rings is 1. The van der Waals surface area contributed by atoms with Crippen LogP contribution < -0.4 is 0 Å². The fraction of sp³-hybridized carbons (Fsp3) is 0.375. The van der Waals surface area contributed by atoms with Crippen molar-refractivity contribution in [2.75, 3.05) is 0 Å². The normalized spacial score (nSPS) is 28.5. The van der Waals surface area contributed by atoms with Crippen LogP contribution >= 0.6 is 0 Å². The molecule has 2 atom stereocenters. The van der Waals surface area contributed by atoms with Gasteiger partial charge in [0.2, 0.25) is 5.79 Å². The van der Waals surface area contributed by atoms with Gasteiger partial charge in [0, 0.05) is 5.39 Å². The lowest BCUT2D eigenvalue weighted by Gasteiger charge is -2.24. The second-order valence-corrected chi connectivity index (χ2v) is 5.66. The number of hydrogen-bond donors (Lipinski definition) is 1. The number of rotatable bonds is 3. The molecule has 22 heavy (non-hydrogen) atoms. The van der Waals surface area contributed by atoms with Crippen molar-refractivity contribution in [2.45, 2.75) is 38.3 Å². The first-order valence-electron chi connectivity index (χ1n) is 7.35. The first-order valence-corrected chi connectivity index (χ1v) is 7.35. The predicted octanol–water partition coefficient (Wildman–Crippen LogP) is 2.77. The number of nitrogens with zero attached hydrogens (tertiary/aromatic N) is 2. The molecule has 0 spiro atoms. The minimum absolute atomic E-state index is 0.0314. The van der Waals surface area contributed by atoms with Gasteiger partial charge < -0.3 is 13.9 Å². The molecule has 0 saturated carbocycles. The maximum Gasteiger partial charge on any atom is 0.236 e. The van der Waals surface area contributed by atoms with Gasteiger partial charge in [-0.1, -0.05) is 18.2 Å². The molecule has 114 valence electrons. The van der Waals surface area contributed by atoms with Crippen LogP contribution in [0, 0.1) is 0 Å². The van der Waals surface area contributed by atoms with Crippen LogP contribution in [0.25, 0.3) is 11.0 Å². The smallest absolute Gasteiger partial charge is 0.236 e. The van der Waals surface area contributed by atoms with E-state index in [9.17, 15) is 0 Å². The zero-order chi connectivity index (χ0) is 15.2. The van der Waals surface area contributed by atoms with Crippen molar-refractivity contribution >= 4 is 11.0 Å². The van der Waals surface area contributed by atoms with Crippen LogP contribution in [0.1, 0.15) is 25.4 Å². The van der Waals surface area contributed by atoms with Crippen LogP contribution in [-0.2, 0) is 21.7 Å². The number of nitrogens with one attached hydrogen (secondary N) is 1. The summed E-state index contributed by atoms with van der Waals surface area (Å²) < 4.78 is 18.3. The van der Waals surface area contributed by atoms with Crippen LogP contribution in [0.3, 0.4) is 0 Å². The molecule has 0 radical (unpaired) electrons. The molecule has 2 aromatic heterocycles. The van der Waals surface area contributed by atoms with Gasteiger partial charge in [-0.05, 0) is 26.0 Å². The molecule has 0 amide bonds. The molecule has 6 nitrogen and oxygen atoms in total. The van der Waals surface area contributed by atoms with Gasteiger partial charge in [-0.3, -0.25) is 5.10 Å². The third-order valence-electron chi connectivity index (χ3n) is 4.08. The van der Waals surface area contributed by atoms with Crippen molar-refractivity contribution in [2.24, 2.45) is 0 Å². The van der Waals surface area contributed by atoms with E-state index in [2.05, 4.69) is 15.2 Å². The second-order valence-electron chi connectivity index (χ2n) is 5.66. The van der Waals surface area contributed by atoms with Crippen LogP contribution in [0.5, 0.6) is 0 Å². The Balaban J connectivity index is 1.79. The summed E-state index contributed by atoms with van der Waals surface area (Å²) >= 11 is 0. The maximum atomic E-state index is 6.15. The highest BCUT2D eigenvalue weighted by Gasteiger charge is 2.48. The SMILES string of the molecule is CC1OC(Cc2ncn[nH]2)(c2cc3ccccc3o2)OC1C. The monoisotopic (exact) mass is 299 g/mol. The number of H-pyrrole nitrogens is 1. The van der Waals surface area contributed by atoms with E-state index in [1.165, 1.54) is 6.33 Å². The summed E-state index contributed by atoms with van der Waals surface area (Å²) in [5.74, 6) is 0.375. The van der Waals surface area contributed by atoms with Gasteiger partial charge in [0.1, 0.15) is 17.7 Å². The molecule has 1 aliphatic rings. The summed E-state index contributed by atoms with van der Waals surface area (Å²) in [6, 6.07) is 9.83. The summed E-state index contributed by atoms with van der Waals surface area (Å²) in [5.41, 5.74) is 0.814. The topological polar surface area (TPSA) is 73.2 Å². The molecule has 1 fully saturated rings. The molecule has 1 saturated heterocycles. The molecule has 3 heterocycles. The third-order valence-corrected chi connectivity index (χ3v) is 4.08. The van der Waals surface area contributed by atoms with Crippen molar-refractivity contribution in [1.82, 2.24) is 15.2 Å². The maximum absolute atomic E-state index is 6.15. The fourth-order valence-electron chi connectivity index (χ4n) is 2.81. The van der Waals surface area contributed by atoms with Crippen molar-refractivity contribution in [3.63, 3.8) is 0 Å². The number of para-hydroxylation sites is 1. The molecule has 3 aromatic rings. The largest absolute Gasteiger partial charge is 0.455 e. The average molecular weight is 299 g/mol. The van der Waals surface area contributed by atoms with Crippen molar-refractivity contribution in [3.05, 3.63) is 48.2 Å². The molecular weight excluding hydrogens is 282 g/mol. The lowest BCUT2D eigenvalue weighted by molar-refractivity contribution is -0.193. The minimum Gasteiger partial charge on any atom is -0.455 e. The van der Waals surface area contributed by atoms with E-state index in [4.69, 9.17) is 13.9 Å². The van der Waals surface area contributed by atoms with Crippen molar-refractivity contribution in [1.29, 1.82) is 0 Å². The molecule has 6 heteroatoms. The predicted molar refractivity (Wildman–Crippen MR) is 79.1 cm³/mol. The Morgan fingerprint density at radius 2 is 1.95 bits per heavy atom. The summed E-state index contributed by atoms with van der Waals surface area (Å²) in [5, 5.41) is 7.77. The summed E-state index contributed by atoms with van der Waals surface area (Å²) in [6.07, 6.45) is 1.83. The first kappa shape index (κ1) is 13.5. The molecule has 1 aromatic carbocycles. The van der Waals surface area contributed by atoms with Gasteiger partial charge in [-0.25, -0.2) is 4.98 Å². The number of aromatic nitrogens is 3. The molecule has 4 rings (SSSR count). The third kappa shape index (κ3) is 2.12. The summed E-state index contributed by atoms with van der Waals surface area (Å²) in [4.78, 5) is 4.19. The Hall–Kier alpha value is -2.18. The highest BCUT2D eigenvalue weighted by atomic mass is 16.8. The van der Waals surface area contributed by atoms with Gasteiger partial charge in [0.05, 0.1) is 18.6 Å². The van der Waals surface area contributed by atoms with Gasteiger partial charge in [0.25, 0.3) is 0 Å². The lowest BCUT2D eigenvalue weighted by Crippen LogP contribution is -2.31. The number of aromatic amines is 1. The van der Waals surface area contributed by atoms with E-state index in [0.717, 1.165) is 11.0 Å². The van der Waals surface area contributed by atoms with E-state index in [-0.39, 0.29) is 12.2 Å². The zero-order valence-corrected chi connectivity index (χ0v) is 12.4. The number of hydrogen-bond acceptors (Lipinski definition) is 5. The zero-order valence-electron chi connectivity index (χ0n) is 12.4. The molecule has 1 aliphatic heterocycles. The molecular formula is C16H17N3O3. The van der Waals surface area contributed by atoms with Crippen LogP contribution in [0.15, 0.2) is 41.1 Å². The van der Waals surface area contributed by atoms with Crippen molar-refractivity contribution < 1.29 is 13.9 Å². The van der Waals surface area contributed by atoms with Crippen LogP contribution in [-0.4, -0.2) is 27.4 Å². The number of fused-ring (bicyclic) bond motifs is 1. The highest BCUT2D eigenvalue weighted by Crippen LogP contribution is 2.41. The van der Waals surface area contributed by atoms with E-state index in [1.807, 2.05) is 44.2 Å². The average Bonchev–Trinajstić information content (AvgIpc) is 3.20. The quantitative estimate of drug-likeness (QED) is 0.805. The van der Waals surface area contributed by atoms with Gasteiger partial charge in [-0.2, -0.15) is 5.10 Å². The van der Waals surface area contributed by atoms with E-state index >= 15 is 0 Å². The Morgan fingerprint density at radius 3 is 2.64 bits per heavy atom. The Bertz CT molecular complexity index is 738. The fourth-order valence-corrected chi connectivity index (χ4v) is 2.81. The minimum atomic E-state index is -0.975. The van der Waals surface area contributed by atoms with E-state index in [1.54, 1.807) is 0 Å². The van der Waals surface area contributed by atoms with Gasteiger partial charge >= 0.3 is 0 Å². The standard InChI is InChI=1S/C16H17N3O3/c1-10-11(2)22-16(21-10,8-15-17-9-18-19-15)14-7-12-5-3-4-6-13(12)20-14/h3-7,9-11H,8H2,1-2H3,(H,17,18,19). The molecule has 0 bridgehead atoms. The van der Waals surface area contributed by atoms with Crippen LogP contribution in [0.4, 0.5) is 0 Å². The molecule has 1 N–H and O–H groups in total. The Morgan fingerprint density at radius 1 is 1.18 bits per heavy atom. The second kappa shape index (κ2) is 4.93.